The first-order valence-electron chi connectivity index (χ1n) is 9.76. The van der Waals surface area contributed by atoms with Gasteiger partial charge in [0.2, 0.25) is 18.3 Å². The Morgan fingerprint density at radius 1 is 0.794 bits per heavy atom. The van der Waals surface area contributed by atoms with E-state index in [1.165, 1.54) is 6.92 Å². The third kappa shape index (κ3) is 10.00. The molecular formula is C19H24Cl3NO11. The SMILES string of the molecule is CC(=O)CCC(=O)O[C@H]1[C@@H](OC(=N)C(Cl)(Cl)Cl)O[C@H](COC(C)=O)[C@H](OC(C)=O)[C@@H]1OC(C)=O. The van der Waals surface area contributed by atoms with Crippen LogP contribution in [0.4, 0.5) is 0 Å². The Labute approximate surface area is 209 Å². The smallest absolute Gasteiger partial charge is 0.306 e. The molecule has 1 rings (SSSR count). The quantitative estimate of drug-likeness (QED) is 0.147. The van der Waals surface area contributed by atoms with Crippen LogP contribution in [0.2, 0.25) is 0 Å². The Morgan fingerprint density at radius 3 is 1.82 bits per heavy atom. The van der Waals surface area contributed by atoms with E-state index in [0.29, 0.717) is 0 Å². The zero-order chi connectivity index (χ0) is 26.2. The highest BCUT2D eigenvalue weighted by Gasteiger charge is 2.54. The lowest BCUT2D eigenvalue weighted by molar-refractivity contribution is -0.292. The molecule has 1 aliphatic rings. The minimum absolute atomic E-state index is 0.150. The second-order valence-electron chi connectivity index (χ2n) is 7.09. The molecule has 0 spiro atoms. The molecule has 1 saturated heterocycles. The van der Waals surface area contributed by atoms with Gasteiger partial charge < -0.3 is 33.2 Å². The van der Waals surface area contributed by atoms with Crippen molar-refractivity contribution in [1.82, 2.24) is 0 Å². The summed E-state index contributed by atoms with van der Waals surface area (Å²) in [4.78, 5) is 58.5. The van der Waals surface area contributed by atoms with Crippen LogP contribution in [-0.4, -0.2) is 76.7 Å². The van der Waals surface area contributed by atoms with Crippen molar-refractivity contribution in [2.45, 2.75) is 75.0 Å². The van der Waals surface area contributed by atoms with Crippen LogP contribution in [0.5, 0.6) is 0 Å². The zero-order valence-electron chi connectivity index (χ0n) is 18.6. The second kappa shape index (κ2) is 13.1. The molecule has 15 heteroatoms. The molecule has 0 aromatic heterocycles. The molecule has 34 heavy (non-hydrogen) atoms. The summed E-state index contributed by atoms with van der Waals surface area (Å²) < 4.78 is 29.2. The molecule has 1 fully saturated rings. The molecule has 5 atom stereocenters. The van der Waals surface area contributed by atoms with Crippen molar-refractivity contribution >= 4 is 70.4 Å². The maximum Gasteiger partial charge on any atom is 0.306 e. The van der Waals surface area contributed by atoms with Gasteiger partial charge in [0.25, 0.3) is 3.79 Å². The van der Waals surface area contributed by atoms with Gasteiger partial charge >= 0.3 is 23.9 Å². The average Bonchev–Trinajstić information content (AvgIpc) is 2.67. The van der Waals surface area contributed by atoms with Gasteiger partial charge in [0, 0.05) is 27.2 Å². The normalized spacial score (nSPS) is 24.4. The molecule has 1 N–H and O–H groups in total. The molecule has 0 radical (unpaired) electrons. The number of rotatable bonds is 9. The number of carbonyl (C=O) groups is 5. The Kier molecular flexibility index (Phi) is 11.5. The summed E-state index contributed by atoms with van der Waals surface area (Å²) in [5.74, 6) is -4.55. The molecule has 0 aromatic rings. The lowest BCUT2D eigenvalue weighted by Gasteiger charge is -2.44. The molecule has 0 unspecified atom stereocenters. The van der Waals surface area contributed by atoms with E-state index in [2.05, 4.69) is 0 Å². The average molecular weight is 549 g/mol. The van der Waals surface area contributed by atoms with Crippen molar-refractivity contribution in [3.05, 3.63) is 0 Å². The van der Waals surface area contributed by atoms with Crippen LogP contribution in [0.15, 0.2) is 0 Å². The van der Waals surface area contributed by atoms with E-state index in [9.17, 15) is 24.0 Å². The fourth-order valence-electron chi connectivity index (χ4n) is 2.76. The first kappa shape index (κ1) is 29.9. The molecular weight excluding hydrogens is 525 g/mol. The standard InChI is InChI=1S/C19H24Cl3NO11/c1-8(24)5-6-13(28)33-16-15(31-11(4)27)14(30-10(3)26)12(7-29-9(2)25)32-17(16)34-18(23)19(20,21)22/h12,14-17,23H,5-7H2,1-4H3/t12-,14+,15+,16-,17-/m1/s1. The summed E-state index contributed by atoms with van der Waals surface area (Å²) in [7, 11) is 0. The lowest BCUT2D eigenvalue weighted by atomic mass is 9.98. The van der Waals surface area contributed by atoms with Crippen molar-refractivity contribution in [1.29, 1.82) is 5.41 Å². The number of ether oxygens (including phenoxy) is 6. The number of nitrogens with one attached hydrogen (secondary N) is 1. The van der Waals surface area contributed by atoms with E-state index >= 15 is 0 Å². The van der Waals surface area contributed by atoms with Crippen molar-refractivity contribution < 1.29 is 52.4 Å². The van der Waals surface area contributed by atoms with E-state index in [4.69, 9.17) is 68.6 Å². The Hall–Kier alpha value is -2.15. The highest BCUT2D eigenvalue weighted by Crippen LogP contribution is 2.33. The number of carbonyl (C=O) groups excluding carboxylic acids is 5. The number of halogens is 3. The van der Waals surface area contributed by atoms with Crippen LogP contribution >= 0.6 is 34.8 Å². The summed E-state index contributed by atoms with van der Waals surface area (Å²) >= 11 is 17.0. The van der Waals surface area contributed by atoms with Crippen LogP contribution in [-0.2, 0) is 52.4 Å². The first-order chi connectivity index (χ1) is 15.6. The summed E-state index contributed by atoms with van der Waals surface area (Å²) in [6.07, 6.45) is -8.17. The van der Waals surface area contributed by atoms with Crippen molar-refractivity contribution in [2.24, 2.45) is 0 Å². The summed E-state index contributed by atoms with van der Waals surface area (Å²) in [5.41, 5.74) is 0. The van der Waals surface area contributed by atoms with E-state index in [1.54, 1.807) is 0 Å². The van der Waals surface area contributed by atoms with Crippen LogP contribution in [0, 0.1) is 5.41 Å². The van der Waals surface area contributed by atoms with Crippen LogP contribution in [0.3, 0.4) is 0 Å². The highest BCUT2D eigenvalue weighted by molar-refractivity contribution is 6.76. The third-order valence-corrected chi connectivity index (χ3v) is 4.60. The van der Waals surface area contributed by atoms with E-state index < -0.39 is 70.9 Å². The maximum absolute atomic E-state index is 12.4. The predicted octanol–water partition coefficient (Wildman–Crippen LogP) is 1.78. The van der Waals surface area contributed by atoms with Gasteiger partial charge in [-0.25, -0.2) is 0 Å². The number of hydrogen-bond donors (Lipinski definition) is 1. The maximum atomic E-state index is 12.4. The van der Waals surface area contributed by atoms with Gasteiger partial charge in [-0.1, -0.05) is 34.8 Å². The van der Waals surface area contributed by atoms with Gasteiger partial charge in [0.1, 0.15) is 18.5 Å². The van der Waals surface area contributed by atoms with E-state index in [1.807, 2.05) is 0 Å². The zero-order valence-corrected chi connectivity index (χ0v) is 20.9. The lowest BCUT2D eigenvalue weighted by Crippen LogP contribution is -2.63. The van der Waals surface area contributed by atoms with E-state index in [0.717, 1.165) is 20.8 Å². The van der Waals surface area contributed by atoms with Gasteiger partial charge in [0.05, 0.1) is 6.42 Å². The monoisotopic (exact) mass is 547 g/mol. The number of hydrogen-bond acceptors (Lipinski definition) is 12. The summed E-state index contributed by atoms with van der Waals surface area (Å²) in [6, 6.07) is 0. The number of alkyl halides is 3. The molecule has 192 valence electrons. The first-order valence-corrected chi connectivity index (χ1v) is 10.9. The molecule has 0 aromatic carbocycles. The van der Waals surface area contributed by atoms with Crippen molar-refractivity contribution in [2.75, 3.05) is 6.61 Å². The topological polar surface area (TPSA) is 165 Å². The number of ketones is 1. The van der Waals surface area contributed by atoms with Gasteiger partial charge in [-0.3, -0.25) is 24.6 Å². The third-order valence-electron chi connectivity index (χ3n) is 4.09. The summed E-state index contributed by atoms with van der Waals surface area (Å²) in [5, 5.41) is 7.83. The van der Waals surface area contributed by atoms with E-state index in [-0.39, 0.29) is 18.6 Å². The van der Waals surface area contributed by atoms with Gasteiger partial charge in [-0.2, -0.15) is 0 Å². The molecule has 1 heterocycles. The molecule has 0 bridgehead atoms. The Bertz CT molecular complexity index is 814. The fraction of sp³-hybridized carbons (Fsp3) is 0.684. The Balaban J connectivity index is 3.41. The van der Waals surface area contributed by atoms with Gasteiger partial charge in [-0.15, -0.1) is 0 Å². The predicted molar refractivity (Wildman–Crippen MR) is 115 cm³/mol. The van der Waals surface area contributed by atoms with Crippen molar-refractivity contribution in [3.63, 3.8) is 0 Å². The summed E-state index contributed by atoms with van der Waals surface area (Å²) in [6.45, 7) is 3.97. The van der Waals surface area contributed by atoms with Crippen molar-refractivity contribution in [3.8, 4) is 0 Å². The van der Waals surface area contributed by atoms with Crippen LogP contribution in [0.25, 0.3) is 0 Å². The molecule has 0 amide bonds. The highest BCUT2D eigenvalue weighted by atomic mass is 35.6. The van der Waals surface area contributed by atoms with Crippen LogP contribution < -0.4 is 0 Å². The van der Waals surface area contributed by atoms with Gasteiger partial charge in [-0.05, 0) is 6.92 Å². The minimum atomic E-state index is -2.35. The largest absolute Gasteiger partial charge is 0.463 e. The number of esters is 4. The molecule has 12 nitrogen and oxygen atoms in total. The minimum Gasteiger partial charge on any atom is -0.463 e. The number of Topliss-reactive ketones (excluding diaryl/α,β-unsaturated/α-hetero) is 1. The molecule has 0 aliphatic carbocycles. The molecule has 1 aliphatic heterocycles. The van der Waals surface area contributed by atoms with Crippen LogP contribution in [0.1, 0.15) is 40.5 Å². The van der Waals surface area contributed by atoms with Gasteiger partial charge in [0.15, 0.2) is 12.2 Å². The fourth-order valence-corrected chi connectivity index (χ4v) is 2.90. The Morgan fingerprint density at radius 2 is 1.35 bits per heavy atom. The molecule has 0 saturated carbocycles. The second-order valence-corrected chi connectivity index (χ2v) is 9.38.